The number of nitrogens with zero attached hydrogens (tertiary/aromatic N) is 3. The predicted molar refractivity (Wildman–Crippen MR) is 123 cm³/mol. The number of aromatic nitrogens is 1. The van der Waals surface area contributed by atoms with Crippen molar-refractivity contribution in [3.05, 3.63) is 54.4 Å². The Labute approximate surface area is 201 Å². The summed E-state index contributed by atoms with van der Waals surface area (Å²) >= 11 is -0.239. The summed E-state index contributed by atoms with van der Waals surface area (Å²) < 4.78 is 40.1. The van der Waals surface area contributed by atoms with Crippen LogP contribution in [-0.4, -0.2) is 35.4 Å². The van der Waals surface area contributed by atoms with Crippen LogP contribution in [-0.2, 0) is 4.79 Å². The summed E-state index contributed by atoms with van der Waals surface area (Å²) in [5.41, 5.74) is -3.31. The van der Waals surface area contributed by atoms with Gasteiger partial charge in [-0.1, -0.05) is 6.42 Å². The smallest absolute Gasteiger partial charge is 0.296 e. The Balaban J connectivity index is 1.54. The van der Waals surface area contributed by atoms with E-state index < -0.39 is 29.7 Å². The van der Waals surface area contributed by atoms with Crippen molar-refractivity contribution in [2.45, 2.75) is 67.7 Å². The average molecular weight is 494 g/mol. The van der Waals surface area contributed by atoms with Crippen LogP contribution in [0.2, 0.25) is 0 Å². The highest BCUT2D eigenvalue weighted by Gasteiger charge is 2.46. The summed E-state index contributed by atoms with van der Waals surface area (Å²) in [5, 5.41) is 3.14. The molecular formula is C24H28F3N4O2S+. The molecule has 3 amide bonds. The number of imide groups is 1. The van der Waals surface area contributed by atoms with Gasteiger partial charge in [-0.3, -0.25) is 15.0 Å². The molecule has 4 rings (SSSR count). The Morgan fingerprint density at radius 3 is 2.21 bits per heavy atom. The topological polar surface area (TPSA) is 56.5 Å². The number of rotatable bonds is 6. The number of benzene rings is 1. The molecule has 2 aromatic rings. The van der Waals surface area contributed by atoms with E-state index in [1.54, 1.807) is 14.0 Å². The lowest BCUT2D eigenvalue weighted by Gasteiger charge is -2.29. The van der Waals surface area contributed by atoms with Crippen LogP contribution in [0.3, 0.4) is 0 Å². The summed E-state index contributed by atoms with van der Waals surface area (Å²) in [6, 6.07) is 8.42. The van der Waals surface area contributed by atoms with E-state index in [2.05, 4.69) is 9.88 Å². The Morgan fingerprint density at radius 1 is 1.03 bits per heavy atom. The van der Waals surface area contributed by atoms with E-state index >= 15 is 0 Å². The average Bonchev–Trinajstić information content (AvgIpc) is 3.04. The van der Waals surface area contributed by atoms with E-state index in [9.17, 15) is 22.8 Å². The van der Waals surface area contributed by atoms with Crippen LogP contribution in [0.1, 0.15) is 56.8 Å². The molecule has 1 saturated heterocycles. The van der Waals surface area contributed by atoms with Gasteiger partial charge in [-0.25, -0.2) is 14.3 Å². The molecular weight excluding hydrogens is 465 g/mol. The fraction of sp³-hybridized carbons (Fsp3) is 0.458. The molecule has 1 aliphatic carbocycles. The highest BCUT2D eigenvalue weighted by molar-refractivity contribution is 8.00. The molecule has 1 aliphatic heterocycles. The molecule has 10 heteroatoms. The minimum Gasteiger partial charge on any atom is -0.296 e. The maximum absolute atomic E-state index is 13.3. The van der Waals surface area contributed by atoms with Crippen molar-refractivity contribution in [3.63, 3.8) is 0 Å². The molecule has 34 heavy (non-hydrogen) atoms. The molecule has 0 radical (unpaired) electrons. The first-order valence-corrected chi connectivity index (χ1v) is 12.2. The highest BCUT2D eigenvalue weighted by atomic mass is 32.2. The fourth-order valence-corrected chi connectivity index (χ4v) is 5.31. The Bertz CT molecular complexity index is 1020. The third-order valence-electron chi connectivity index (χ3n) is 6.48. The molecule has 2 heterocycles. The number of halogens is 3. The third kappa shape index (κ3) is 5.07. The standard InChI is InChI=1S/C24H28F3N4O2S/c1-16-22(32)31(19-8-10-20(11-9-19)34-24(25,26)27)23(33)30(16)21(28-2)17-12-14-29(15-13-17)18-6-4-3-5-7-18/h8-16,18,21,28H,3-7H2,1-2H3/q+1. The van der Waals surface area contributed by atoms with Crippen LogP contribution in [0, 0.1) is 0 Å². The molecule has 1 aromatic heterocycles. The van der Waals surface area contributed by atoms with Gasteiger partial charge >= 0.3 is 11.5 Å². The normalized spacial score (nSPS) is 20.8. The predicted octanol–water partition coefficient (Wildman–Crippen LogP) is 5.17. The van der Waals surface area contributed by atoms with Gasteiger partial charge < -0.3 is 0 Å². The van der Waals surface area contributed by atoms with Crippen LogP contribution >= 0.6 is 11.8 Å². The highest BCUT2D eigenvalue weighted by Crippen LogP contribution is 2.38. The number of amides is 3. The lowest BCUT2D eigenvalue weighted by Crippen LogP contribution is -2.44. The van der Waals surface area contributed by atoms with E-state index in [1.807, 2.05) is 24.5 Å². The van der Waals surface area contributed by atoms with Gasteiger partial charge in [-0.2, -0.15) is 13.2 Å². The van der Waals surface area contributed by atoms with Crippen molar-refractivity contribution in [2.24, 2.45) is 0 Å². The second-order valence-electron chi connectivity index (χ2n) is 8.64. The van der Waals surface area contributed by atoms with Crippen molar-refractivity contribution in [3.8, 4) is 0 Å². The van der Waals surface area contributed by atoms with Gasteiger partial charge in [0.2, 0.25) is 0 Å². The second-order valence-corrected chi connectivity index (χ2v) is 9.78. The van der Waals surface area contributed by atoms with Gasteiger partial charge in [0.05, 0.1) is 5.69 Å². The number of thioether (sulfide) groups is 1. The number of anilines is 1. The number of hydrogen-bond donors (Lipinski definition) is 1. The Hall–Kier alpha value is -2.59. The minimum absolute atomic E-state index is 0.0103. The number of urea groups is 1. The minimum atomic E-state index is -4.41. The number of nitrogens with one attached hydrogen (secondary N) is 1. The van der Waals surface area contributed by atoms with Gasteiger partial charge in [0, 0.05) is 35.4 Å². The van der Waals surface area contributed by atoms with E-state index in [0.717, 1.165) is 23.3 Å². The molecule has 1 N–H and O–H groups in total. The molecule has 2 fully saturated rings. The molecule has 1 aromatic carbocycles. The van der Waals surface area contributed by atoms with E-state index in [0.29, 0.717) is 6.04 Å². The largest absolute Gasteiger partial charge is 0.446 e. The van der Waals surface area contributed by atoms with Crippen molar-refractivity contribution < 1.29 is 27.3 Å². The first-order chi connectivity index (χ1) is 16.2. The molecule has 2 unspecified atom stereocenters. The zero-order valence-electron chi connectivity index (χ0n) is 19.1. The third-order valence-corrected chi connectivity index (χ3v) is 7.22. The molecule has 6 nitrogen and oxygen atoms in total. The van der Waals surface area contributed by atoms with Crippen molar-refractivity contribution in [1.82, 2.24) is 10.2 Å². The first kappa shape index (κ1) is 24.5. The van der Waals surface area contributed by atoms with Crippen LogP contribution in [0.25, 0.3) is 0 Å². The van der Waals surface area contributed by atoms with Gasteiger partial charge in [0.25, 0.3) is 5.91 Å². The lowest BCUT2D eigenvalue weighted by atomic mass is 9.95. The maximum atomic E-state index is 13.3. The van der Waals surface area contributed by atoms with Crippen molar-refractivity contribution in [1.29, 1.82) is 0 Å². The number of alkyl halides is 3. The van der Waals surface area contributed by atoms with Crippen molar-refractivity contribution >= 4 is 29.4 Å². The quantitative estimate of drug-likeness (QED) is 0.343. The Morgan fingerprint density at radius 2 is 1.65 bits per heavy atom. The zero-order chi connectivity index (χ0) is 24.5. The molecule has 182 valence electrons. The first-order valence-electron chi connectivity index (χ1n) is 11.4. The van der Waals surface area contributed by atoms with Crippen LogP contribution < -0.4 is 14.8 Å². The summed E-state index contributed by atoms with van der Waals surface area (Å²) in [5.74, 6) is -0.422. The monoisotopic (exact) mass is 493 g/mol. The van der Waals surface area contributed by atoms with E-state index in [1.165, 1.54) is 48.4 Å². The molecule has 2 atom stereocenters. The fourth-order valence-electron chi connectivity index (χ4n) is 4.77. The Kier molecular flexibility index (Phi) is 7.18. The number of hydrogen-bond acceptors (Lipinski definition) is 4. The number of carbonyl (C=O) groups excluding carboxylic acids is 2. The van der Waals surface area contributed by atoms with Crippen molar-refractivity contribution in [2.75, 3.05) is 11.9 Å². The van der Waals surface area contributed by atoms with Crippen LogP contribution in [0.4, 0.5) is 23.7 Å². The summed E-state index contributed by atoms with van der Waals surface area (Å²) in [6.07, 6.45) is 9.57. The summed E-state index contributed by atoms with van der Waals surface area (Å²) in [4.78, 5) is 28.8. The summed E-state index contributed by atoms with van der Waals surface area (Å²) in [7, 11) is 1.73. The van der Waals surface area contributed by atoms with E-state index in [4.69, 9.17) is 0 Å². The molecule has 0 bridgehead atoms. The van der Waals surface area contributed by atoms with Crippen LogP contribution in [0.15, 0.2) is 53.7 Å². The maximum Gasteiger partial charge on any atom is 0.446 e. The molecule has 1 saturated carbocycles. The van der Waals surface area contributed by atoms with Gasteiger partial charge in [0.15, 0.2) is 18.4 Å². The zero-order valence-corrected chi connectivity index (χ0v) is 19.9. The lowest BCUT2D eigenvalue weighted by molar-refractivity contribution is -0.725. The van der Waals surface area contributed by atoms with Gasteiger partial charge in [0.1, 0.15) is 12.2 Å². The molecule has 0 spiro atoms. The molecule has 2 aliphatic rings. The summed E-state index contributed by atoms with van der Waals surface area (Å²) in [6.45, 7) is 1.66. The SMILES string of the molecule is CNC(c1cc[n+](C2CCCCC2)cc1)N1C(=O)N(c2ccc(SC(F)(F)F)cc2)C(=O)C1C. The van der Waals surface area contributed by atoms with Crippen LogP contribution in [0.5, 0.6) is 0 Å². The second kappa shape index (κ2) is 9.95. The van der Waals surface area contributed by atoms with Gasteiger partial charge in [-0.15, -0.1) is 0 Å². The number of pyridine rings is 1. The van der Waals surface area contributed by atoms with Gasteiger partial charge in [-0.05, 0) is 62.8 Å². The van der Waals surface area contributed by atoms with E-state index in [-0.39, 0.29) is 22.3 Å². The number of carbonyl (C=O) groups is 2.